The van der Waals surface area contributed by atoms with Crippen LogP contribution in [0.3, 0.4) is 0 Å². The molecule has 6 nitrogen and oxygen atoms in total. The summed E-state index contributed by atoms with van der Waals surface area (Å²) >= 11 is 0. The Morgan fingerprint density at radius 3 is 2.64 bits per heavy atom. The van der Waals surface area contributed by atoms with E-state index in [2.05, 4.69) is 10.5 Å². The molecular formula is C19H22N2O4. The van der Waals surface area contributed by atoms with Crippen molar-refractivity contribution in [3.8, 4) is 5.75 Å². The Kier molecular flexibility index (Phi) is 6.39. The van der Waals surface area contributed by atoms with E-state index in [1.165, 1.54) is 6.92 Å². The van der Waals surface area contributed by atoms with Gasteiger partial charge in [0.25, 0.3) is 0 Å². The lowest BCUT2D eigenvalue weighted by atomic mass is 10.1. The summed E-state index contributed by atoms with van der Waals surface area (Å²) in [5, 5.41) is 6.70. The zero-order valence-corrected chi connectivity index (χ0v) is 14.8. The highest BCUT2D eigenvalue weighted by molar-refractivity contribution is 6.02. The zero-order chi connectivity index (χ0) is 18.2. The Morgan fingerprint density at radius 1 is 1.16 bits per heavy atom. The predicted molar refractivity (Wildman–Crippen MR) is 96.5 cm³/mol. The third-order valence-electron chi connectivity index (χ3n) is 3.30. The first-order valence-corrected chi connectivity index (χ1v) is 8.00. The first kappa shape index (κ1) is 18.3. The molecule has 0 aliphatic heterocycles. The van der Waals surface area contributed by atoms with Gasteiger partial charge in [-0.3, -0.25) is 14.6 Å². The minimum absolute atomic E-state index is 0.118. The fourth-order valence-corrected chi connectivity index (χ4v) is 2.08. The van der Waals surface area contributed by atoms with Gasteiger partial charge < -0.3 is 10.2 Å². The Labute approximate surface area is 147 Å². The highest BCUT2D eigenvalue weighted by Crippen LogP contribution is 2.22. The number of amides is 1. The summed E-state index contributed by atoms with van der Waals surface area (Å²) in [6.07, 6.45) is 0. The summed E-state index contributed by atoms with van der Waals surface area (Å²) in [6, 6.07) is 12.9. The maximum Gasteiger partial charge on any atom is 0.313 e. The molecule has 0 unspecified atom stereocenters. The number of carbonyl (C=O) groups excluding carboxylic acids is 1. The summed E-state index contributed by atoms with van der Waals surface area (Å²) in [4.78, 5) is 27.4. The number of carbonyl (C=O) groups is 1. The summed E-state index contributed by atoms with van der Waals surface area (Å²) in [6.45, 7) is 7.50. The number of hydrogen-bond donors (Lipinski definition) is 1. The Bertz CT molecular complexity index is 772. The average molecular weight is 342 g/mol. The molecule has 25 heavy (non-hydrogen) atoms. The van der Waals surface area contributed by atoms with Crippen molar-refractivity contribution in [1.82, 2.24) is 0 Å². The monoisotopic (exact) mass is 342 g/mol. The molecule has 0 fully saturated rings. The van der Waals surface area contributed by atoms with Crippen LogP contribution in [0.25, 0.3) is 0 Å². The molecule has 2 rings (SSSR count). The molecule has 0 saturated carbocycles. The Morgan fingerprint density at radius 2 is 1.92 bits per heavy atom. The van der Waals surface area contributed by atoms with Crippen LogP contribution in [0, 0.1) is 13.8 Å². The van der Waals surface area contributed by atoms with Crippen LogP contribution in [0.1, 0.15) is 30.5 Å². The van der Waals surface area contributed by atoms with Crippen molar-refractivity contribution in [2.24, 2.45) is 5.16 Å². The SMILES string of the molecule is CCO/N=C(/OOc1cc(C)ccc1C)c1ccccc1NC(C)=O. The number of anilines is 1. The van der Waals surface area contributed by atoms with Crippen LogP contribution < -0.4 is 10.2 Å². The number of oxime groups is 1. The number of benzene rings is 2. The molecule has 0 spiro atoms. The summed E-state index contributed by atoms with van der Waals surface area (Å²) < 4.78 is 0. The van der Waals surface area contributed by atoms with Crippen molar-refractivity contribution in [2.45, 2.75) is 27.7 Å². The van der Waals surface area contributed by atoms with E-state index in [0.29, 0.717) is 23.6 Å². The molecule has 1 amide bonds. The first-order chi connectivity index (χ1) is 12.0. The van der Waals surface area contributed by atoms with Gasteiger partial charge >= 0.3 is 5.90 Å². The molecule has 132 valence electrons. The third-order valence-corrected chi connectivity index (χ3v) is 3.30. The topological polar surface area (TPSA) is 69.2 Å². The van der Waals surface area contributed by atoms with Gasteiger partial charge in [-0.15, -0.1) is 0 Å². The van der Waals surface area contributed by atoms with Crippen molar-refractivity contribution in [3.63, 3.8) is 0 Å². The number of nitrogens with zero attached hydrogens (tertiary/aromatic N) is 1. The number of rotatable bonds is 6. The van der Waals surface area contributed by atoms with Crippen LogP contribution in [-0.2, 0) is 14.5 Å². The molecule has 0 aliphatic rings. The fourth-order valence-electron chi connectivity index (χ4n) is 2.08. The number of para-hydroxylation sites is 1. The summed E-state index contributed by atoms with van der Waals surface area (Å²) in [5.74, 6) is 0.506. The molecule has 2 aromatic carbocycles. The predicted octanol–water partition coefficient (Wildman–Crippen LogP) is 3.97. The van der Waals surface area contributed by atoms with Crippen LogP contribution in [0.15, 0.2) is 47.6 Å². The smallest absolute Gasteiger partial charge is 0.313 e. The molecule has 0 radical (unpaired) electrons. The molecule has 6 heteroatoms. The number of hydrogen-bond acceptors (Lipinski definition) is 5. The molecule has 1 N–H and O–H groups in total. The van der Waals surface area contributed by atoms with E-state index in [0.717, 1.165) is 11.1 Å². The summed E-state index contributed by atoms with van der Waals surface area (Å²) in [5.41, 5.74) is 3.08. The average Bonchev–Trinajstić information content (AvgIpc) is 2.58. The standard InChI is InChI=1S/C19H22N2O4/c1-5-23-21-19(16-8-6-7-9-17(16)20-15(4)22)25-24-18-12-13(2)10-11-14(18)3/h6-12H,5H2,1-4H3,(H,20,22)/b21-19+. The second kappa shape index (κ2) is 8.73. The van der Waals surface area contributed by atoms with Gasteiger partial charge in [-0.2, -0.15) is 0 Å². The van der Waals surface area contributed by atoms with Crippen molar-refractivity contribution < 1.29 is 19.4 Å². The molecule has 0 bridgehead atoms. The van der Waals surface area contributed by atoms with Crippen molar-refractivity contribution in [1.29, 1.82) is 0 Å². The molecule has 0 aliphatic carbocycles. The lowest BCUT2D eigenvalue weighted by Gasteiger charge is -2.13. The van der Waals surface area contributed by atoms with Gasteiger partial charge in [0.05, 0.1) is 11.3 Å². The molecule has 2 aromatic rings. The van der Waals surface area contributed by atoms with Gasteiger partial charge in [-0.1, -0.05) is 24.3 Å². The highest BCUT2D eigenvalue weighted by atomic mass is 17.2. The van der Waals surface area contributed by atoms with Crippen LogP contribution in [0.4, 0.5) is 5.69 Å². The van der Waals surface area contributed by atoms with Gasteiger partial charge in [0.15, 0.2) is 5.75 Å². The van der Waals surface area contributed by atoms with E-state index in [-0.39, 0.29) is 11.8 Å². The lowest BCUT2D eigenvalue weighted by Crippen LogP contribution is -2.16. The molecule has 0 atom stereocenters. The third kappa shape index (κ3) is 5.24. The molecule has 0 saturated heterocycles. The highest BCUT2D eigenvalue weighted by Gasteiger charge is 2.15. The fraction of sp³-hybridized carbons (Fsp3) is 0.263. The normalized spacial score (nSPS) is 11.0. The molecule has 0 aromatic heterocycles. The Hall–Kier alpha value is -3.02. The van der Waals surface area contributed by atoms with E-state index in [4.69, 9.17) is 14.6 Å². The van der Waals surface area contributed by atoms with Gasteiger partial charge in [0.1, 0.15) is 6.61 Å². The molecule has 0 heterocycles. The van der Waals surface area contributed by atoms with Gasteiger partial charge in [-0.05, 0) is 55.3 Å². The lowest BCUT2D eigenvalue weighted by molar-refractivity contribution is -0.120. The second-order valence-electron chi connectivity index (χ2n) is 5.48. The minimum atomic E-state index is -0.196. The quantitative estimate of drug-likeness (QED) is 0.373. The van der Waals surface area contributed by atoms with Crippen molar-refractivity contribution in [3.05, 3.63) is 59.2 Å². The van der Waals surface area contributed by atoms with Crippen LogP contribution in [-0.4, -0.2) is 18.4 Å². The zero-order valence-electron chi connectivity index (χ0n) is 14.8. The van der Waals surface area contributed by atoms with E-state index in [1.807, 2.05) is 45.0 Å². The number of aryl methyl sites for hydroxylation is 2. The van der Waals surface area contributed by atoms with Crippen LogP contribution in [0.5, 0.6) is 5.75 Å². The second-order valence-corrected chi connectivity index (χ2v) is 5.48. The maximum atomic E-state index is 11.4. The number of nitrogens with one attached hydrogen (secondary N) is 1. The Balaban J connectivity index is 2.28. The van der Waals surface area contributed by atoms with E-state index in [1.54, 1.807) is 18.2 Å². The van der Waals surface area contributed by atoms with E-state index >= 15 is 0 Å². The van der Waals surface area contributed by atoms with E-state index in [9.17, 15) is 4.79 Å². The largest absolute Gasteiger partial charge is 0.393 e. The van der Waals surface area contributed by atoms with Crippen LogP contribution >= 0.6 is 0 Å². The van der Waals surface area contributed by atoms with E-state index < -0.39 is 0 Å². The van der Waals surface area contributed by atoms with Crippen molar-refractivity contribution in [2.75, 3.05) is 11.9 Å². The minimum Gasteiger partial charge on any atom is -0.393 e. The summed E-state index contributed by atoms with van der Waals surface area (Å²) in [7, 11) is 0. The maximum absolute atomic E-state index is 11.4. The first-order valence-electron chi connectivity index (χ1n) is 8.00. The van der Waals surface area contributed by atoms with Gasteiger partial charge in [0.2, 0.25) is 5.91 Å². The van der Waals surface area contributed by atoms with Crippen LogP contribution in [0.2, 0.25) is 0 Å². The van der Waals surface area contributed by atoms with Gasteiger partial charge in [0, 0.05) is 6.92 Å². The molecular weight excluding hydrogens is 320 g/mol. The van der Waals surface area contributed by atoms with Gasteiger partial charge in [-0.25, -0.2) is 0 Å². The van der Waals surface area contributed by atoms with Crippen molar-refractivity contribution >= 4 is 17.5 Å².